The highest BCUT2D eigenvalue weighted by Crippen LogP contribution is 2.20. The summed E-state index contributed by atoms with van der Waals surface area (Å²) in [6.45, 7) is 5.36. The number of hydrogen-bond donors (Lipinski definition) is 0. The van der Waals surface area contributed by atoms with Crippen molar-refractivity contribution in [2.45, 2.75) is 26.8 Å². The normalized spacial score (nSPS) is 10.6. The molecular weight excluding hydrogens is 274 g/mol. The van der Waals surface area contributed by atoms with Gasteiger partial charge in [-0.15, -0.1) is 0 Å². The third kappa shape index (κ3) is 3.42. The smallest absolute Gasteiger partial charge is 0.259 e. The van der Waals surface area contributed by atoms with Gasteiger partial charge in [0.15, 0.2) is 0 Å². The number of nitrogens with zero attached hydrogens (tertiary/aromatic N) is 1. The van der Waals surface area contributed by atoms with Crippen LogP contribution in [0.15, 0.2) is 41.0 Å². The summed E-state index contributed by atoms with van der Waals surface area (Å²) >= 11 is 5.89. The molecule has 1 aromatic carbocycles. The predicted octanol–water partition coefficient (Wildman–Crippen LogP) is 4.29. The first-order chi connectivity index (χ1) is 9.61. The fourth-order valence-electron chi connectivity index (χ4n) is 2.05. The van der Waals surface area contributed by atoms with Crippen molar-refractivity contribution >= 4 is 17.5 Å². The van der Waals surface area contributed by atoms with E-state index in [0.29, 0.717) is 18.7 Å². The van der Waals surface area contributed by atoms with Crippen molar-refractivity contribution in [1.82, 2.24) is 4.90 Å². The summed E-state index contributed by atoms with van der Waals surface area (Å²) in [6.07, 6.45) is 2.33. The van der Waals surface area contributed by atoms with Crippen LogP contribution < -0.4 is 0 Å². The second-order valence-corrected chi connectivity index (χ2v) is 5.16. The Kier molecular flexibility index (Phi) is 4.85. The molecule has 1 aromatic heterocycles. The van der Waals surface area contributed by atoms with E-state index in [0.717, 1.165) is 12.0 Å². The molecule has 0 bridgehead atoms. The topological polar surface area (TPSA) is 33.5 Å². The first-order valence-corrected chi connectivity index (χ1v) is 7.07. The molecule has 4 heteroatoms. The van der Waals surface area contributed by atoms with Gasteiger partial charge in [-0.1, -0.05) is 36.8 Å². The number of rotatable bonds is 5. The van der Waals surface area contributed by atoms with Crippen molar-refractivity contribution in [2.75, 3.05) is 6.54 Å². The van der Waals surface area contributed by atoms with Gasteiger partial charge in [-0.2, -0.15) is 0 Å². The Balaban J connectivity index is 2.16. The molecule has 0 saturated carbocycles. The largest absolute Gasteiger partial charge is 0.452 e. The number of furan rings is 1. The molecule has 0 fully saturated rings. The van der Waals surface area contributed by atoms with Crippen LogP contribution in [0, 0.1) is 6.92 Å². The number of carbonyl (C=O) groups excluding carboxylic acids is 1. The van der Waals surface area contributed by atoms with E-state index in [1.165, 1.54) is 11.8 Å². The summed E-state index contributed by atoms with van der Waals surface area (Å²) in [4.78, 5) is 14.3. The van der Waals surface area contributed by atoms with Gasteiger partial charge in [0.2, 0.25) is 5.22 Å². The molecule has 0 saturated heterocycles. The molecule has 0 atom stereocenters. The Hall–Kier alpha value is -1.74. The lowest BCUT2D eigenvalue weighted by atomic mass is 10.1. The molecule has 2 rings (SSSR count). The van der Waals surface area contributed by atoms with Crippen LogP contribution >= 0.6 is 11.6 Å². The van der Waals surface area contributed by atoms with Gasteiger partial charge >= 0.3 is 0 Å². The number of benzene rings is 1. The maximum Gasteiger partial charge on any atom is 0.259 e. The van der Waals surface area contributed by atoms with Crippen molar-refractivity contribution in [1.29, 1.82) is 0 Å². The van der Waals surface area contributed by atoms with Gasteiger partial charge in [0, 0.05) is 13.1 Å². The highest BCUT2D eigenvalue weighted by atomic mass is 35.5. The first kappa shape index (κ1) is 14.7. The average Bonchev–Trinajstić information content (AvgIpc) is 2.86. The highest BCUT2D eigenvalue weighted by molar-refractivity contribution is 6.32. The van der Waals surface area contributed by atoms with E-state index < -0.39 is 0 Å². The summed E-state index contributed by atoms with van der Waals surface area (Å²) in [6, 6.07) is 9.80. The van der Waals surface area contributed by atoms with Crippen molar-refractivity contribution < 1.29 is 9.21 Å². The quantitative estimate of drug-likeness (QED) is 0.823. The Morgan fingerprint density at radius 1 is 1.25 bits per heavy atom. The van der Waals surface area contributed by atoms with Gasteiger partial charge in [0.05, 0.1) is 11.8 Å². The van der Waals surface area contributed by atoms with Crippen LogP contribution in [-0.2, 0) is 6.54 Å². The van der Waals surface area contributed by atoms with Crippen molar-refractivity contribution in [3.8, 4) is 0 Å². The number of halogens is 1. The Morgan fingerprint density at radius 2 is 1.95 bits per heavy atom. The SMILES string of the molecule is CCCN(Cc1ccc(C)cc1)C(=O)c1ccoc1Cl. The molecule has 0 aliphatic carbocycles. The minimum Gasteiger partial charge on any atom is -0.452 e. The molecule has 0 N–H and O–H groups in total. The van der Waals surface area contributed by atoms with Crippen LogP contribution in [0.25, 0.3) is 0 Å². The molecule has 3 nitrogen and oxygen atoms in total. The van der Waals surface area contributed by atoms with Crippen LogP contribution in [0.1, 0.15) is 34.8 Å². The monoisotopic (exact) mass is 291 g/mol. The van der Waals surface area contributed by atoms with E-state index in [1.54, 1.807) is 11.0 Å². The molecule has 1 amide bonds. The molecule has 2 aromatic rings. The lowest BCUT2D eigenvalue weighted by molar-refractivity contribution is 0.0742. The molecule has 0 aliphatic heterocycles. The molecular formula is C16H18ClNO2. The molecule has 0 radical (unpaired) electrons. The number of carbonyl (C=O) groups is 1. The standard InChI is InChI=1S/C16H18ClNO2/c1-3-9-18(11-13-6-4-12(2)5-7-13)16(19)14-8-10-20-15(14)17/h4-8,10H,3,9,11H2,1-2H3. The van der Waals surface area contributed by atoms with Crippen molar-refractivity contribution in [3.63, 3.8) is 0 Å². The van der Waals surface area contributed by atoms with E-state index in [2.05, 4.69) is 12.1 Å². The van der Waals surface area contributed by atoms with Gasteiger partial charge in [-0.05, 0) is 36.6 Å². The second-order valence-electron chi connectivity index (χ2n) is 4.82. The molecule has 20 heavy (non-hydrogen) atoms. The van der Waals surface area contributed by atoms with E-state index in [-0.39, 0.29) is 11.1 Å². The van der Waals surface area contributed by atoms with E-state index in [1.807, 2.05) is 26.0 Å². The molecule has 0 aliphatic rings. The fraction of sp³-hybridized carbons (Fsp3) is 0.312. The Bertz CT molecular complexity index is 574. The number of aryl methyl sites for hydroxylation is 1. The second kappa shape index (κ2) is 6.62. The average molecular weight is 292 g/mol. The molecule has 0 spiro atoms. The van der Waals surface area contributed by atoms with Gasteiger partial charge in [-0.25, -0.2) is 0 Å². The Labute approximate surface area is 124 Å². The maximum absolute atomic E-state index is 12.5. The van der Waals surface area contributed by atoms with Gasteiger partial charge in [-0.3, -0.25) is 4.79 Å². The Morgan fingerprint density at radius 3 is 2.50 bits per heavy atom. The number of amides is 1. The zero-order chi connectivity index (χ0) is 14.5. The minimum atomic E-state index is -0.0915. The van der Waals surface area contributed by atoms with Crippen LogP contribution in [0.5, 0.6) is 0 Å². The van der Waals surface area contributed by atoms with Crippen LogP contribution in [0.3, 0.4) is 0 Å². The summed E-state index contributed by atoms with van der Waals surface area (Å²) in [5, 5.41) is 0.153. The van der Waals surface area contributed by atoms with Crippen LogP contribution in [0.2, 0.25) is 5.22 Å². The highest BCUT2D eigenvalue weighted by Gasteiger charge is 2.19. The first-order valence-electron chi connectivity index (χ1n) is 6.69. The molecule has 1 heterocycles. The fourth-order valence-corrected chi connectivity index (χ4v) is 2.25. The van der Waals surface area contributed by atoms with Gasteiger partial charge in [0.25, 0.3) is 5.91 Å². The van der Waals surface area contributed by atoms with Crippen molar-refractivity contribution in [2.24, 2.45) is 0 Å². The lowest BCUT2D eigenvalue weighted by Gasteiger charge is -2.22. The van der Waals surface area contributed by atoms with E-state index in [4.69, 9.17) is 16.0 Å². The summed E-state index contributed by atoms with van der Waals surface area (Å²) in [7, 11) is 0. The van der Waals surface area contributed by atoms with Crippen molar-refractivity contribution in [3.05, 3.63) is 58.5 Å². The van der Waals surface area contributed by atoms with Crippen LogP contribution in [0.4, 0.5) is 0 Å². The lowest BCUT2D eigenvalue weighted by Crippen LogP contribution is -2.31. The third-order valence-electron chi connectivity index (χ3n) is 3.12. The summed E-state index contributed by atoms with van der Waals surface area (Å²) < 4.78 is 5.00. The zero-order valence-electron chi connectivity index (χ0n) is 11.7. The van der Waals surface area contributed by atoms with E-state index >= 15 is 0 Å². The van der Waals surface area contributed by atoms with E-state index in [9.17, 15) is 4.79 Å². The van der Waals surface area contributed by atoms with Crippen LogP contribution in [-0.4, -0.2) is 17.4 Å². The third-order valence-corrected chi connectivity index (χ3v) is 3.42. The minimum absolute atomic E-state index is 0.0915. The van der Waals surface area contributed by atoms with Gasteiger partial charge in [0.1, 0.15) is 0 Å². The summed E-state index contributed by atoms with van der Waals surface area (Å²) in [5.41, 5.74) is 2.74. The zero-order valence-corrected chi connectivity index (χ0v) is 12.5. The maximum atomic E-state index is 12.5. The molecule has 0 unspecified atom stereocenters. The van der Waals surface area contributed by atoms with Gasteiger partial charge < -0.3 is 9.32 Å². The number of hydrogen-bond acceptors (Lipinski definition) is 2. The molecule has 106 valence electrons. The predicted molar refractivity (Wildman–Crippen MR) is 79.9 cm³/mol. The summed E-state index contributed by atoms with van der Waals surface area (Å²) in [5.74, 6) is -0.0915.